The van der Waals surface area contributed by atoms with Crippen LogP contribution in [0.5, 0.6) is 0 Å². The summed E-state index contributed by atoms with van der Waals surface area (Å²) in [7, 11) is 0. The van der Waals surface area contributed by atoms with Crippen molar-refractivity contribution in [3.8, 4) is 0 Å². The average Bonchev–Trinajstić information content (AvgIpc) is 3.31. The zero-order valence-corrected chi connectivity index (χ0v) is 17.1. The second kappa shape index (κ2) is 11.2. The first kappa shape index (κ1) is 20.7. The minimum absolute atomic E-state index is 0.481. The average molecular weight is 364 g/mol. The molecular formula is C20H37N5O. The van der Waals surface area contributed by atoms with Crippen LogP contribution in [0.15, 0.2) is 15.6 Å². The van der Waals surface area contributed by atoms with Crippen LogP contribution in [0.2, 0.25) is 0 Å². The molecule has 2 N–H and O–H groups in total. The second-order valence-electron chi connectivity index (χ2n) is 7.42. The Balaban J connectivity index is 1.83. The van der Waals surface area contributed by atoms with Gasteiger partial charge in [-0.3, -0.25) is 0 Å². The molecule has 1 unspecified atom stereocenters. The van der Waals surface area contributed by atoms with E-state index in [1.54, 1.807) is 0 Å². The number of nitrogens with zero attached hydrogens (tertiary/aromatic N) is 3. The van der Waals surface area contributed by atoms with Gasteiger partial charge in [0.1, 0.15) is 6.54 Å². The first-order valence-electron chi connectivity index (χ1n) is 10.4. The molecule has 1 atom stereocenters. The maximum atomic E-state index is 5.47. The summed E-state index contributed by atoms with van der Waals surface area (Å²) in [6.45, 7) is 14.7. The predicted molar refractivity (Wildman–Crippen MR) is 107 cm³/mol. The number of likely N-dealkylation sites (tertiary alicyclic amines) is 1. The van der Waals surface area contributed by atoms with Gasteiger partial charge < -0.3 is 20.1 Å². The molecule has 0 spiro atoms. The standard InChI is InChI=1S/C20H37N5O/c1-5-17(6-2)19-12-18(26-24-19)14-23-20(21-7-3)22-13-16(4)15-25-10-8-9-11-25/h12,16-17H,5-11,13-15H2,1-4H3,(H2,21,22,23). The number of aromatic nitrogens is 1. The van der Waals surface area contributed by atoms with Crippen LogP contribution < -0.4 is 10.6 Å². The van der Waals surface area contributed by atoms with E-state index < -0.39 is 0 Å². The van der Waals surface area contributed by atoms with Crippen molar-refractivity contribution < 1.29 is 4.52 Å². The molecule has 1 aliphatic rings. The summed E-state index contributed by atoms with van der Waals surface area (Å²) in [5.74, 6) is 2.76. The summed E-state index contributed by atoms with van der Waals surface area (Å²) in [5.41, 5.74) is 1.05. The first-order chi connectivity index (χ1) is 12.7. The lowest BCUT2D eigenvalue weighted by atomic mass is 9.99. The van der Waals surface area contributed by atoms with Crippen LogP contribution in [0.1, 0.15) is 70.8 Å². The van der Waals surface area contributed by atoms with Crippen LogP contribution >= 0.6 is 0 Å². The van der Waals surface area contributed by atoms with Gasteiger partial charge in [-0.2, -0.15) is 0 Å². The van der Waals surface area contributed by atoms with Gasteiger partial charge in [0, 0.05) is 31.6 Å². The van der Waals surface area contributed by atoms with Crippen molar-refractivity contribution >= 4 is 5.96 Å². The van der Waals surface area contributed by atoms with Crippen LogP contribution in [0.3, 0.4) is 0 Å². The smallest absolute Gasteiger partial charge is 0.191 e. The number of guanidine groups is 1. The van der Waals surface area contributed by atoms with E-state index in [0.717, 1.165) is 49.9 Å². The summed E-state index contributed by atoms with van der Waals surface area (Å²) >= 11 is 0. The fourth-order valence-electron chi connectivity index (χ4n) is 3.54. The lowest BCUT2D eigenvalue weighted by molar-refractivity contribution is 0.287. The van der Waals surface area contributed by atoms with Crippen molar-refractivity contribution in [1.29, 1.82) is 0 Å². The first-order valence-corrected chi connectivity index (χ1v) is 10.4. The van der Waals surface area contributed by atoms with Crippen molar-refractivity contribution in [1.82, 2.24) is 20.7 Å². The van der Waals surface area contributed by atoms with Crippen LogP contribution in [0.4, 0.5) is 0 Å². The van der Waals surface area contributed by atoms with Crippen molar-refractivity contribution in [2.24, 2.45) is 10.9 Å². The highest BCUT2D eigenvalue weighted by Crippen LogP contribution is 2.22. The number of nitrogens with one attached hydrogen (secondary N) is 2. The maximum absolute atomic E-state index is 5.47. The number of rotatable bonds is 10. The molecule has 1 aromatic rings. The van der Waals surface area contributed by atoms with E-state index in [4.69, 9.17) is 4.52 Å². The topological polar surface area (TPSA) is 65.7 Å². The molecule has 6 heteroatoms. The Hall–Kier alpha value is -1.56. The largest absolute Gasteiger partial charge is 0.359 e. The molecule has 1 saturated heterocycles. The highest BCUT2D eigenvalue weighted by atomic mass is 16.5. The number of aliphatic imine (C=N–C) groups is 1. The number of hydrogen-bond donors (Lipinski definition) is 2. The van der Waals surface area contributed by atoms with Crippen LogP contribution in [0, 0.1) is 5.92 Å². The van der Waals surface area contributed by atoms with Gasteiger partial charge in [-0.1, -0.05) is 25.9 Å². The molecule has 148 valence electrons. The lowest BCUT2D eigenvalue weighted by Gasteiger charge is -2.21. The molecular weight excluding hydrogens is 326 g/mol. The van der Waals surface area contributed by atoms with Crippen LogP contribution in [-0.4, -0.2) is 48.7 Å². The molecule has 2 heterocycles. The molecule has 0 radical (unpaired) electrons. The Morgan fingerprint density at radius 2 is 1.96 bits per heavy atom. The Kier molecular flexibility index (Phi) is 8.95. The normalized spacial score (nSPS) is 17.0. The van der Waals surface area contributed by atoms with Crippen LogP contribution in [-0.2, 0) is 6.54 Å². The quantitative estimate of drug-likeness (QED) is 0.493. The van der Waals surface area contributed by atoms with E-state index in [9.17, 15) is 0 Å². The van der Waals surface area contributed by atoms with Crippen molar-refractivity contribution in [2.45, 2.75) is 65.8 Å². The van der Waals surface area contributed by atoms with Crippen molar-refractivity contribution in [2.75, 3.05) is 32.7 Å². The third kappa shape index (κ3) is 6.63. The molecule has 0 saturated carbocycles. The molecule has 0 bridgehead atoms. The summed E-state index contributed by atoms with van der Waals surface area (Å²) in [6, 6.07) is 2.06. The van der Waals surface area contributed by atoms with Gasteiger partial charge >= 0.3 is 0 Å². The van der Waals surface area contributed by atoms with Gasteiger partial charge in [0.25, 0.3) is 0 Å². The molecule has 0 aliphatic carbocycles. The van der Waals surface area contributed by atoms with Crippen molar-refractivity contribution in [3.63, 3.8) is 0 Å². The van der Waals surface area contributed by atoms with E-state index in [2.05, 4.69) is 59.4 Å². The third-order valence-corrected chi connectivity index (χ3v) is 5.10. The van der Waals surface area contributed by atoms with Gasteiger partial charge in [0.15, 0.2) is 11.7 Å². The Morgan fingerprint density at radius 1 is 1.23 bits per heavy atom. The van der Waals surface area contributed by atoms with E-state index in [-0.39, 0.29) is 0 Å². The molecule has 1 aliphatic heterocycles. The molecule has 0 aromatic carbocycles. The van der Waals surface area contributed by atoms with Crippen LogP contribution in [0.25, 0.3) is 0 Å². The highest BCUT2D eigenvalue weighted by Gasteiger charge is 2.15. The molecule has 1 fully saturated rings. The summed E-state index contributed by atoms with van der Waals surface area (Å²) < 4.78 is 5.47. The lowest BCUT2D eigenvalue weighted by Crippen LogP contribution is -2.41. The zero-order valence-electron chi connectivity index (χ0n) is 17.1. The molecule has 0 amide bonds. The Labute approximate surface area is 158 Å². The van der Waals surface area contributed by atoms with Crippen molar-refractivity contribution in [3.05, 3.63) is 17.5 Å². The van der Waals surface area contributed by atoms with E-state index in [1.807, 2.05) is 0 Å². The molecule has 26 heavy (non-hydrogen) atoms. The SMILES string of the molecule is CCNC(=NCc1cc(C(CC)CC)no1)NCC(C)CN1CCCC1. The Morgan fingerprint density at radius 3 is 2.62 bits per heavy atom. The Bertz CT molecular complexity index is 532. The highest BCUT2D eigenvalue weighted by molar-refractivity contribution is 5.79. The van der Waals surface area contributed by atoms with Gasteiger partial charge in [-0.25, -0.2) is 4.99 Å². The maximum Gasteiger partial charge on any atom is 0.191 e. The van der Waals surface area contributed by atoms with Gasteiger partial charge in [-0.15, -0.1) is 0 Å². The molecule has 6 nitrogen and oxygen atoms in total. The van der Waals surface area contributed by atoms with Gasteiger partial charge in [-0.05, 0) is 51.6 Å². The third-order valence-electron chi connectivity index (χ3n) is 5.10. The van der Waals surface area contributed by atoms with E-state index in [1.165, 1.54) is 25.9 Å². The second-order valence-corrected chi connectivity index (χ2v) is 7.42. The monoisotopic (exact) mass is 363 g/mol. The number of hydrogen-bond acceptors (Lipinski definition) is 4. The van der Waals surface area contributed by atoms with Gasteiger partial charge in [0.2, 0.25) is 0 Å². The molecule has 2 rings (SSSR count). The fourth-order valence-corrected chi connectivity index (χ4v) is 3.54. The van der Waals surface area contributed by atoms with E-state index in [0.29, 0.717) is 18.4 Å². The molecule has 1 aromatic heterocycles. The summed E-state index contributed by atoms with van der Waals surface area (Å²) in [6.07, 6.45) is 4.87. The zero-order chi connectivity index (χ0) is 18.8. The van der Waals surface area contributed by atoms with E-state index >= 15 is 0 Å². The summed E-state index contributed by atoms with van der Waals surface area (Å²) in [5, 5.41) is 11.0. The fraction of sp³-hybridized carbons (Fsp3) is 0.800. The minimum atomic E-state index is 0.481. The summed E-state index contributed by atoms with van der Waals surface area (Å²) in [4.78, 5) is 7.22. The minimum Gasteiger partial charge on any atom is -0.359 e. The predicted octanol–water partition coefficient (Wildman–Crippen LogP) is 3.37. The van der Waals surface area contributed by atoms with Gasteiger partial charge in [0.05, 0.1) is 5.69 Å².